The van der Waals surface area contributed by atoms with Crippen molar-refractivity contribution < 1.29 is 14.6 Å². The SMILES string of the molecule is Cc1c(OC2CCCC2)n[nH]c1C(=O)O. The van der Waals surface area contributed by atoms with Gasteiger partial charge >= 0.3 is 5.97 Å². The summed E-state index contributed by atoms with van der Waals surface area (Å²) in [6.45, 7) is 1.71. The predicted molar refractivity (Wildman–Crippen MR) is 53.2 cm³/mol. The molecule has 1 heterocycles. The summed E-state index contributed by atoms with van der Waals surface area (Å²) in [7, 11) is 0. The van der Waals surface area contributed by atoms with E-state index in [-0.39, 0.29) is 11.8 Å². The van der Waals surface area contributed by atoms with Crippen LogP contribution in [0.15, 0.2) is 0 Å². The van der Waals surface area contributed by atoms with Crippen molar-refractivity contribution in [3.8, 4) is 5.88 Å². The maximum absolute atomic E-state index is 10.7. The molecule has 2 rings (SSSR count). The van der Waals surface area contributed by atoms with Gasteiger partial charge in [-0.25, -0.2) is 4.79 Å². The number of nitrogens with one attached hydrogen (secondary N) is 1. The van der Waals surface area contributed by atoms with Crippen LogP contribution in [-0.4, -0.2) is 27.4 Å². The first-order chi connectivity index (χ1) is 7.18. The number of hydrogen-bond donors (Lipinski definition) is 2. The zero-order valence-corrected chi connectivity index (χ0v) is 8.62. The van der Waals surface area contributed by atoms with Crippen molar-refractivity contribution in [3.05, 3.63) is 11.3 Å². The lowest BCUT2D eigenvalue weighted by atomic mass is 10.2. The Labute approximate surface area is 87.4 Å². The van der Waals surface area contributed by atoms with Crippen molar-refractivity contribution in [2.75, 3.05) is 0 Å². The highest BCUT2D eigenvalue weighted by Crippen LogP contribution is 2.25. The molecule has 0 aromatic carbocycles. The molecule has 82 valence electrons. The second kappa shape index (κ2) is 3.92. The van der Waals surface area contributed by atoms with Crippen molar-refractivity contribution in [2.45, 2.75) is 38.7 Å². The van der Waals surface area contributed by atoms with Crippen LogP contribution in [-0.2, 0) is 0 Å². The highest BCUT2D eigenvalue weighted by atomic mass is 16.5. The van der Waals surface area contributed by atoms with Crippen molar-refractivity contribution in [1.29, 1.82) is 0 Å². The molecule has 1 aliphatic rings. The third-order valence-electron chi connectivity index (χ3n) is 2.76. The number of carboxylic acids is 1. The Morgan fingerprint density at radius 1 is 1.53 bits per heavy atom. The molecular weight excluding hydrogens is 196 g/mol. The summed E-state index contributed by atoms with van der Waals surface area (Å²) in [6.07, 6.45) is 4.64. The number of hydrogen-bond acceptors (Lipinski definition) is 3. The van der Waals surface area contributed by atoms with Gasteiger partial charge in [0.15, 0.2) is 0 Å². The summed E-state index contributed by atoms with van der Waals surface area (Å²) in [5, 5.41) is 15.2. The number of rotatable bonds is 3. The summed E-state index contributed by atoms with van der Waals surface area (Å²) in [5.41, 5.74) is 0.692. The highest BCUT2D eigenvalue weighted by molar-refractivity contribution is 5.87. The number of H-pyrrole nitrogens is 1. The molecule has 1 saturated carbocycles. The fraction of sp³-hybridized carbons (Fsp3) is 0.600. The van der Waals surface area contributed by atoms with Crippen LogP contribution in [0.5, 0.6) is 5.88 Å². The maximum Gasteiger partial charge on any atom is 0.354 e. The van der Waals surface area contributed by atoms with Crippen LogP contribution in [0.4, 0.5) is 0 Å². The van der Waals surface area contributed by atoms with Gasteiger partial charge in [0.25, 0.3) is 0 Å². The highest BCUT2D eigenvalue weighted by Gasteiger charge is 2.21. The van der Waals surface area contributed by atoms with Gasteiger partial charge in [0.05, 0.1) is 0 Å². The average molecular weight is 210 g/mol. The predicted octanol–water partition coefficient (Wildman–Crippen LogP) is 1.74. The summed E-state index contributed by atoms with van der Waals surface area (Å²) in [5.74, 6) is -0.569. The monoisotopic (exact) mass is 210 g/mol. The molecule has 5 heteroatoms. The maximum atomic E-state index is 10.7. The van der Waals surface area contributed by atoms with Crippen LogP contribution >= 0.6 is 0 Å². The van der Waals surface area contributed by atoms with Crippen molar-refractivity contribution in [2.24, 2.45) is 0 Å². The Hall–Kier alpha value is -1.52. The fourth-order valence-corrected chi connectivity index (χ4v) is 1.87. The molecule has 1 aromatic heterocycles. The van der Waals surface area contributed by atoms with Gasteiger partial charge in [-0.2, -0.15) is 0 Å². The molecule has 1 aliphatic carbocycles. The molecule has 0 radical (unpaired) electrons. The van der Waals surface area contributed by atoms with Gasteiger partial charge in [0.2, 0.25) is 5.88 Å². The Morgan fingerprint density at radius 2 is 2.20 bits per heavy atom. The number of nitrogens with zero attached hydrogens (tertiary/aromatic N) is 1. The lowest BCUT2D eigenvalue weighted by molar-refractivity contribution is 0.0689. The minimum Gasteiger partial charge on any atom is -0.477 e. The molecule has 5 nitrogen and oxygen atoms in total. The minimum absolute atomic E-state index is 0.114. The number of aromatic carboxylic acids is 1. The number of ether oxygens (including phenoxy) is 1. The Bertz CT molecular complexity index is 367. The third-order valence-corrected chi connectivity index (χ3v) is 2.76. The molecule has 1 aromatic rings. The normalized spacial score (nSPS) is 16.9. The molecular formula is C10H14N2O3. The van der Waals surface area contributed by atoms with Crippen molar-refractivity contribution in [1.82, 2.24) is 10.2 Å². The van der Waals surface area contributed by atoms with Gasteiger partial charge in [-0.1, -0.05) is 0 Å². The smallest absolute Gasteiger partial charge is 0.354 e. The van der Waals surface area contributed by atoms with Crippen LogP contribution in [0.2, 0.25) is 0 Å². The summed E-state index contributed by atoms with van der Waals surface area (Å²) < 4.78 is 5.63. The van der Waals surface area contributed by atoms with Crippen LogP contribution in [0, 0.1) is 6.92 Å². The van der Waals surface area contributed by atoms with Crippen LogP contribution in [0.1, 0.15) is 41.7 Å². The van der Waals surface area contributed by atoms with Crippen LogP contribution in [0.3, 0.4) is 0 Å². The standard InChI is InChI=1S/C10H14N2O3/c1-6-8(10(13)14)11-12-9(6)15-7-4-2-3-5-7/h7H,2-5H2,1H3,(H,11,12)(H,13,14). The zero-order valence-electron chi connectivity index (χ0n) is 8.62. The number of carboxylic acid groups (broad SMARTS) is 1. The molecule has 2 N–H and O–H groups in total. The molecule has 0 amide bonds. The average Bonchev–Trinajstić information content (AvgIpc) is 2.78. The van der Waals surface area contributed by atoms with Crippen molar-refractivity contribution in [3.63, 3.8) is 0 Å². The van der Waals surface area contributed by atoms with Crippen molar-refractivity contribution >= 4 is 5.97 Å². The van der Waals surface area contributed by atoms with E-state index in [0.29, 0.717) is 11.4 Å². The van der Waals surface area contributed by atoms with E-state index < -0.39 is 5.97 Å². The molecule has 0 aliphatic heterocycles. The summed E-state index contributed by atoms with van der Waals surface area (Å²) in [4.78, 5) is 10.7. The van der Waals surface area contributed by atoms with Gasteiger partial charge in [-0.15, -0.1) is 5.10 Å². The number of aromatic nitrogens is 2. The second-order valence-corrected chi connectivity index (χ2v) is 3.86. The van der Waals surface area contributed by atoms with Gasteiger partial charge in [-0.05, 0) is 32.6 Å². The first-order valence-electron chi connectivity index (χ1n) is 5.13. The van der Waals surface area contributed by atoms with E-state index in [4.69, 9.17) is 9.84 Å². The second-order valence-electron chi connectivity index (χ2n) is 3.86. The van der Waals surface area contributed by atoms with Crippen LogP contribution in [0.25, 0.3) is 0 Å². The Morgan fingerprint density at radius 3 is 2.73 bits per heavy atom. The minimum atomic E-state index is -0.999. The van der Waals surface area contributed by atoms with E-state index in [2.05, 4.69) is 10.2 Å². The van der Waals surface area contributed by atoms with Gasteiger partial charge in [0, 0.05) is 5.56 Å². The Kier molecular flexibility index (Phi) is 2.62. The molecule has 0 spiro atoms. The summed E-state index contributed by atoms with van der Waals surface area (Å²) >= 11 is 0. The lowest BCUT2D eigenvalue weighted by Gasteiger charge is -2.10. The van der Waals surface area contributed by atoms with E-state index in [1.807, 2.05) is 0 Å². The van der Waals surface area contributed by atoms with Gasteiger partial charge < -0.3 is 9.84 Å². The quantitative estimate of drug-likeness (QED) is 0.796. The first kappa shape index (κ1) is 10.0. The van der Waals surface area contributed by atoms with E-state index in [9.17, 15) is 4.79 Å². The van der Waals surface area contributed by atoms with E-state index >= 15 is 0 Å². The van der Waals surface area contributed by atoms with Crippen LogP contribution < -0.4 is 4.74 Å². The first-order valence-corrected chi connectivity index (χ1v) is 5.13. The molecule has 1 fully saturated rings. The van der Waals surface area contributed by atoms with E-state index in [0.717, 1.165) is 12.8 Å². The molecule has 0 unspecified atom stereocenters. The lowest BCUT2D eigenvalue weighted by Crippen LogP contribution is -2.11. The van der Waals surface area contributed by atoms with Gasteiger partial charge in [0.1, 0.15) is 11.8 Å². The zero-order chi connectivity index (χ0) is 10.8. The topological polar surface area (TPSA) is 75.2 Å². The number of aromatic amines is 1. The van der Waals surface area contributed by atoms with Gasteiger partial charge in [-0.3, -0.25) is 5.10 Å². The number of carbonyl (C=O) groups is 1. The van der Waals surface area contributed by atoms with E-state index in [1.165, 1.54) is 12.8 Å². The Balaban J connectivity index is 2.11. The van der Waals surface area contributed by atoms with E-state index in [1.54, 1.807) is 6.92 Å². The molecule has 15 heavy (non-hydrogen) atoms. The summed E-state index contributed by atoms with van der Waals surface area (Å²) in [6, 6.07) is 0. The largest absolute Gasteiger partial charge is 0.477 e. The molecule has 0 atom stereocenters. The molecule has 0 bridgehead atoms. The molecule has 0 saturated heterocycles. The fourth-order valence-electron chi connectivity index (χ4n) is 1.87. The third kappa shape index (κ3) is 1.95.